The Bertz CT molecular complexity index is 685. The molecule has 0 aliphatic rings. The highest BCUT2D eigenvalue weighted by Gasteiger charge is 2.13. The van der Waals surface area contributed by atoms with Gasteiger partial charge in [-0.05, 0) is 5.56 Å². The van der Waals surface area contributed by atoms with E-state index in [1.807, 2.05) is 44.2 Å². The van der Waals surface area contributed by atoms with Crippen LogP contribution in [0, 0.1) is 5.92 Å². The maximum absolute atomic E-state index is 12.0. The van der Waals surface area contributed by atoms with Crippen LogP contribution < -0.4 is 16.4 Å². The summed E-state index contributed by atoms with van der Waals surface area (Å²) in [5.41, 5.74) is 7.65. The highest BCUT2D eigenvalue weighted by Crippen LogP contribution is 2.16. The van der Waals surface area contributed by atoms with Crippen molar-refractivity contribution >= 4 is 28.3 Å². The summed E-state index contributed by atoms with van der Waals surface area (Å²) in [7, 11) is 0. The van der Waals surface area contributed by atoms with Crippen LogP contribution >= 0.6 is 11.3 Å². The maximum Gasteiger partial charge on any atom is 0.228 e. The van der Waals surface area contributed by atoms with E-state index in [9.17, 15) is 9.59 Å². The Morgan fingerprint density at radius 2 is 1.96 bits per heavy atom. The third-order valence-corrected chi connectivity index (χ3v) is 4.20. The van der Waals surface area contributed by atoms with E-state index in [1.54, 1.807) is 5.38 Å². The minimum absolute atomic E-state index is 0.0887. The lowest BCUT2D eigenvalue weighted by Gasteiger charge is -2.12. The molecular weight excluding hydrogens is 324 g/mol. The molecule has 128 valence electrons. The molecule has 6 nitrogen and oxygen atoms in total. The molecule has 1 aromatic carbocycles. The second kappa shape index (κ2) is 8.56. The molecule has 24 heavy (non-hydrogen) atoms. The number of hydrogen-bond acceptors (Lipinski definition) is 5. The first-order valence-corrected chi connectivity index (χ1v) is 8.66. The molecule has 1 heterocycles. The van der Waals surface area contributed by atoms with Gasteiger partial charge in [-0.3, -0.25) is 9.59 Å². The summed E-state index contributed by atoms with van der Waals surface area (Å²) < 4.78 is 0. The number of carbonyl (C=O) groups is 2. The average molecular weight is 346 g/mol. The summed E-state index contributed by atoms with van der Waals surface area (Å²) in [6.07, 6.45) is 0.162. The van der Waals surface area contributed by atoms with Crippen LogP contribution in [-0.2, 0) is 16.0 Å². The van der Waals surface area contributed by atoms with Crippen molar-refractivity contribution in [3.05, 3.63) is 47.0 Å². The van der Waals surface area contributed by atoms with E-state index in [1.165, 1.54) is 11.3 Å². The molecule has 0 aliphatic carbocycles. The molecule has 0 radical (unpaired) electrons. The van der Waals surface area contributed by atoms with Crippen molar-refractivity contribution in [1.82, 2.24) is 10.3 Å². The Labute approximate surface area is 145 Å². The number of benzene rings is 1. The van der Waals surface area contributed by atoms with Gasteiger partial charge in [-0.15, -0.1) is 11.3 Å². The molecule has 0 spiro atoms. The molecule has 7 heteroatoms. The first-order chi connectivity index (χ1) is 11.5. The zero-order valence-corrected chi connectivity index (χ0v) is 14.6. The molecule has 0 bridgehead atoms. The van der Waals surface area contributed by atoms with Gasteiger partial charge in [0.05, 0.1) is 12.1 Å². The summed E-state index contributed by atoms with van der Waals surface area (Å²) >= 11 is 1.31. The molecule has 4 N–H and O–H groups in total. The van der Waals surface area contributed by atoms with Crippen LogP contribution in [0.4, 0.5) is 5.13 Å². The number of nitrogens with two attached hydrogens (primary N) is 1. The number of anilines is 1. The molecule has 2 aromatic rings. The van der Waals surface area contributed by atoms with Gasteiger partial charge < -0.3 is 16.4 Å². The summed E-state index contributed by atoms with van der Waals surface area (Å²) in [5.74, 6) is -0.345. The van der Waals surface area contributed by atoms with Crippen LogP contribution in [0.1, 0.15) is 31.1 Å². The molecule has 1 atom stereocenters. The van der Waals surface area contributed by atoms with Crippen molar-refractivity contribution in [3.63, 3.8) is 0 Å². The topological polar surface area (TPSA) is 97.1 Å². The van der Waals surface area contributed by atoms with Crippen LogP contribution in [0.5, 0.6) is 0 Å². The Hall–Kier alpha value is -2.25. The molecule has 0 aliphatic heterocycles. The van der Waals surface area contributed by atoms with Gasteiger partial charge in [-0.2, -0.15) is 0 Å². The van der Waals surface area contributed by atoms with Crippen molar-refractivity contribution < 1.29 is 9.59 Å². The number of hydrogen-bond donors (Lipinski definition) is 3. The van der Waals surface area contributed by atoms with Crippen molar-refractivity contribution in [2.75, 3.05) is 11.9 Å². The van der Waals surface area contributed by atoms with Gasteiger partial charge in [0, 0.05) is 23.9 Å². The summed E-state index contributed by atoms with van der Waals surface area (Å²) in [5, 5.41) is 7.82. The Kier molecular flexibility index (Phi) is 6.45. The normalized spacial score (nSPS) is 12.0. The quantitative estimate of drug-likeness (QED) is 0.715. The lowest BCUT2D eigenvalue weighted by molar-refractivity contribution is -0.120. The number of carbonyl (C=O) groups excluding carboxylic acids is 2. The highest BCUT2D eigenvalue weighted by atomic mass is 32.1. The van der Waals surface area contributed by atoms with Crippen molar-refractivity contribution in [2.45, 2.75) is 26.3 Å². The summed E-state index contributed by atoms with van der Waals surface area (Å²) in [6, 6.07) is 9.37. The van der Waals surface area contributed by atoms with E-state index in [0.29, 0.717) is 17.4 Å². The SMILES string of the molecule is CC(C)C(=O)Nc1nc(CC(=O)NCC(N)c2ccccc2)cs1. The monoisotopic (exact) mass is 346 g/mol. The number of thiazole rings is 1. The van der Waals surface area contributed by atoms with Crippen LogP contribution in [0.25, 0.3) is 0 Å². The van der Waals surface area contributed by atoms with Crippen LogP contribution in [0.2, 0.25) is 0 Å². The van der Waals surface area contributed by atoms with E-state index in [0.717, 1.165) is 5.56 Å². The molecule has 2 amide bonds. The molecule has 0 saturated heterocycles. The molecular formula is C17H22N4O2S. The second-order valence-electron chi connectivity index (χ2n) is 5.79. The van der Waals surface area contributed by atoms with Gasteiger partial charge in [-0.1, -0.05) is 44.2 Å². The predicted octanol–water partition coefficient (Wildman–Crippen LogP) is 2.10. The first kappa shape index (κ1) is 18.1. The smallest absolute Gasteiger partial charge is 0.228 e. The van der Waals surface area contributed by atoms with Crippen molar-refractivity contribution in [3.8, 4) is 0 Å². The van der Waals surface area contributed by atoms with Gasteiger partial charge >= 0.3 is 0 Å². The van der Waals surface area contributed by atoms with E-state index in [4.69, 9.17) is 5.73 Å². The number of amides is 2. The van der Waals surface area contributed by atoms with Crippen LogP contribution in [0.3, 0.4) is 0 Å². The Morgan fingerprint density at radius 3 is 2.62 bits per heavy atom. The fourth-order valence-corrected chi connectivity index (χ4v) is 2.68. The van der Waals surface area contributed by atoms with Crippen LogP contribution in [-0.4, -0.2) is 23.3 Å². The standard InChI is InChI=1S/C17H22N4O2S/c1-11(2)16(23)21-17-20-13(10-24-17)8-15(22)19-9-14(18)12-6-4-3-5-7-12/h3-7,10-11,14H,8-9,18H2,1-2H3,(H,19,22)(H,20,21,23). The zero-order valence-electron chi connectivity index (χ0n) is 13.8. The van der Waals surface area contributed by atoms with E-state index < -0.39 is 0 Å². The fourth-order valence-electron chi connectivity index (χ4n) is 1.96. The molecule has 2 rings (SSSR count). The van der Waals surface area contributed by atoms with Crippen molar-refractivity contribution in [1.29, 1.82) is 0 Å². The van der Waals surface area contributed by atoms with E-state index >= 15 is 0 Å². The second-order valence-corrected chi connectivity index (χ2v) is 6.64. The summed E-state index contributed by atoms with van der Waals surface area (Å²) in [6.45, 7) is 3.99. The van der Waals surface area contributed by atoms with Gasteiger partial charge in [0.25, 0.3) is 0 Å². The lowest BCUT2D eigenvalue weighted by Crippen LogP contribution is -2.32. The zero-order chi connectivity index (χ0) is 17.5. The highest BCUT2D eigenvalue weighted by molar-refractivity contribution is 7.13. The minimum Gasteiger partial charge on any atom is -0.354 e. The number of aromatic nitrogens is 1. The van der Waals surface area contributed by atoms with Gasteiger partial charge in [0.15, 0.2) is 5.13 Å². The molecule has 1 aromatic heterocycles. The molecule has 1 unspecified atom stereocenters. The predicted molar refractivity (Wildman–Crippen MR) is 95.7 cm³/mol. The lowest BCUT2D eigenvalue weighted by atomic mass is 10.1. The van der Waals surface area contributed by atoms with Gasteiger partial charge in [0.2, 0.25) is 11.8 Å². The minimum atomic E-state index is -0.244. The van der Waals surface area contributed by atoms with Crippen LogP contribution in [0.15, 0.2) is 35.7 Å². The van der Waals surface area contributed by atoms with Gasteiger partial charge in [-0.25, -0.2) is 4.98 Å². The first-order valence-electron chi connectivity index (χ1n) is 7.78. The van der Waals surface area contributed by atoms with Crippen molar-refractivity contribution in [2.24, 2.45) is 11.7 Å². The molecule has 0 fully saturated rings. The van der Waals surface area contributed by atoms with E-state index in [-0.39, 0.29) is 30.2 Å². The molecule has 0 saturated carbocycles. The fraction of sp³-hybridized carbons (Fsp3) is 0.353. The third-order valence-electron chi connectivity index (χ3n) is 3.39. The average Bonchev–Trinajstić information content (AvgIpc) is 3.00. The summed E-state index contributed by atoms with van der Waals surface area (Å²) in [4.78, 5) is 27.9. The van der Waals surface area contributed by atoms with E-state index in [2.05, 4.69) is 15.6 Å². The number of rotatable bonds is 7. The number of nitrogens with zero attached hydrogens (tertiary/aromatic N) is 1. The third kappa shape index (κ3) is 5.43. The van der Waals surface area contributed by atoms with Gasteiger partial charge in [0.1, 0.15) is 0 Å². The largest absolute Gasteiger partial charge is 0.354 e. The Balaban J connectivity index is 1.80. The number of nitrogens with one attached hydrogen (secondary N) is 2. The Morgan fingerprint density at radius 1 is 1.25 bits per heavy atom. The maximum atomic E-state index is 12.0.